The maximum Gasteiger partial charge on any atom is 0.242 e. The minimum atomic E-state index is 0.0957. The minimum absolute atomic E-state index is 0.0957. The molecule has 1 aliphatic rings. The van der Waals surface area contributed by atoms with E-state index in [-0.39, 0.29) is 25.1 Å². The molecule has 6 nitrogen and oxygen atoms in total. The van der Waals surface area contributed by atoms with E-state index in [0.717, 1.165) is 42.5 Å². The SMILES string of the molecule is CN(CC(=O)N1CCCCC1CCO)c1ncnc2ccccc12. The molecule has 1 amide bonds. The van der Waals surface area contributed by atoms with Crippen molar-refractivity contribution in [1.82, 2.24) is 14.9 Å². The first-order valence-corrected chi connectivity index (χ1v) is 8.52. The number of rotatable bonds is 5. The van der Waals surface area contributed by atoms with Gasteiger partial charge in [-0.15, -0.1) is 0 Å². The summed E-state index contributed by atoms with van der Waals surface area (Å²) >= 11 is 0. The van der Waals surface area contributed by atoms with Crippen molar-refractivity contribution in [2.24, 2.45) is 0 Å². The third kappa shape index (κ3) is 3.48. The Hall–Kier alpha value is -2.21. The second kappa shape index (κ2) is 7.57. The van der Waals surface area contributed by atoms with Crippen molar-refractivity contribution in [2.75, 3.05) is 31.6 Å². The molecule has 1 N–H and O–H groups in total. The molecule has 1 aromatic carbocycles. The van der Waals surface area contributed by atoms with Crippen molar-refractivity contribution < 1.29 is 9.90 Å². The van der Waals surface area contributed by atoms with E-state index in [1.807, 2.05) is 41.1 Å². The van der Waals surface area contributed by atoms with Crippen molar-refractivity contribution in [3.63, 3.8) is 0 Å². The first kappa shape index (κ1) is 16.6. The number of likely N-dealkylation sites (tertiary alicyclic amines) is 1. The lowest BCUT2D eigenvalue weighted by atomic mass is 9.99. The Morgan fingerprint density at radius 3 is 3.00 bits per heavy atom. The van der Waals surface area contributed by atoms with Crippen LogP contribution in [0, 0.1) is 0 Å². The van der Waals surface area contributed by atoms with Crippen LogP contribution >= 0.6 is 0 Å². The molecular weight excluding hydrogens is 304 g/mol. The average Bonchev–Trinajstić information content (AvgIpc) is 2.62. The van der Waals surface area contributed by atoms with Gasteiger partial charge in [-0.05, 0) is 37.8 Å². The number of piperidine rings is 1. The molecule has 3 rings (SSSR count). The van der Waals surface area contributed by atoms with Gasteiger partial charge in [-0.1, -0.05) is 12.1 Å². The van der Waals surface area contributed by atoms with E-state index in [9.17, 15) is 9.90 Å². The van der Waals surface area contributed by atoms with Crippen molar-refractivity contribution >= 4 is 22.6 Å². The molecule has 0 spiro atoms. The predicted octanol–water partition coefficient (Wildman–Crippen LogP) is 1.83. The number of anilines is 1. The van der Waals surface area contributed by atoms with E-state index in [0.29, 0.717) is 6.42 Å². The van der Waals surface area contributed by atoms with Crippen LogP contribution in [0.3, 0.4) is 0 Å². The highest BCUT2D eigenvalue weighted by Crippen LogP contribution is 2.23. The number of hydrogen-bond donors (Lipinski definition) is 1. The smallest absolute Gasteiger partial charge is 0.242 e. The molecule has 1 saturated heterocycles. The third-order valence-corrected chi connectivity index (χ3v) is 4.67. The number of amides is 1. The molecule has 24 heavy (non-hydrogen) atoms. The number of benzene rings is 1. The highest BCUT2D eigenvalue weighted by Gasteiger charge is 2.27. The normalized spacial score (nSPS) is 17.9. The molecular formula is C18H24N4O2. The zero-order chi connectivity index (χ0) is 16.9. The van der Waals surface area contributed by atoms with Gasteiger partial charge in [-0.3, -0.25) is 4.79 Å². The monoisotopic (exact) mass is 328 g/mol. The number of likely N-dealkylation sites (N-methyl/N-ethyl adjacent to an activating group) is 1. The van der Waals surface area contributed by atoms with Crippen LogP contribution in [0.2, 0.25) is 0 Å². The molecule has 1 aromatic heterocycles. The fourth-order valence-electron chi connectivity index (χ4n) is 3.44. The summed E-state index contributed by atoms with van der Waals surface area (Å²) in [6, 6.07) is 7.97. The largest absolute Gasteiger partial charge is 0.396 e. The van der Waals surface area contributed by atoms with E-state index in [1.54, 1.807) is 0 Å². The molecule has 1 fully saturated rings. The lowest BCUT2D eigenvalue weighted by Crippen LogP contribution is -2.48. The number of hydrogen-bond acceptors (Lipinski definition) is 5. The molecule has 0 bridgehead atoms. The van der Waals surface area contributed by atoms with Gasteiger partial charge < -0.3 is 14.9 Å². The van der Waals surface area contributed by atoms with Gasteiger partial charge >= 0.3 is 0 Å². The summed E-state index contributed by atoms with van der Waals surface area (Å²) in [5.74, 6) is 0.864. The predicted molar refractivity (Wildman–Crippen MR) is 93.9 cm³/mol. The van der Waals surface area contributed by atoms with Crippen LogP contribution in [-0.2, 0) is 4.79 Å². The standard InChI is InChI=1S/C18H24N4O2/c1-21(18-15-7-2-3-8-16(15)19-13-20-18)12-17(24)22-10-5-4-6-14(22)9-11-23/h2-3,7-8,13-14,23H,4-6,9-12H2,1H3. The van der Waals surface area contributed by atoms with E-state index in [4.69, 9.17) is 0 Å². The highest BCUT2D eigenvalue weighted by molar-refractivity contribution is 5.91. The number of aliphatic hydroxyl groups is 1. The second-order valence-electron chi connectivity index (χ2n) is 6.32. The topological polar surface area (TPSA) is 69.6 Å². The average molecular weight is 328 g/mol. The number of aliphatic hydroxyl groups excluding tert-OH is 1. The van der Waals surface area contributed by atoms with Crippen molar-refractivity contribution in [3.05, 3.63) is 30.6 Å². The Kier molecular flexibility index (Phi) is 5.25. The summed E-state index contributed by atoms with van der Waals surface area (Å²) in [5.41, 5.74) is 0.873. The summed E-state index contributed by atoms with van der Waals surface area (Å²) in [6.07, 6.45) is 5.33. The number of nitrogens with zero attached hydrogens (tertiary/aromatic N) is 4. The lowest BCUT2D eigenvalue weighted by molar-refractivity contribution is -0.133. The molecule has 2 aromatic rings. The van der Waals surface area contributed by atoms with Crippen LogP contribution < -0.4 is 4.90 Å². The Bertz CT molecular complexity index is 699. The van der Waals surface area contributed by atoms with E-state index in [2.05, 4.69) is 9.97 Å². The van der Waals surface area contributed by atoms with Gasteiger partial charge in [-0.2, -0.15) is 0 Å². The Morgan fingerprint density at radius 1 is 1.33 bits per heavy atom. The van der Waals surface area contributed by atoms with Crippen LogP contribution in [0.5, 0.6) is 0 Å². The molecule has 1 unspecified atom stereocenters. The van der Waals surface area contributed by atoms with Crippen molar-refractivity contribution in [1.29, 1.82) is 0 Å². The molecule has 0 saturated carbocycles. The number of carbonyl (C=O) groups is 1. The van der Waals surface area contributed by atoms with Gasteiger partial charge in [0, 0.05) is 31.6 Å². The van der Waals surface area contributed by atoms with Gasteiger partial charge in [0.15, 0.2) is 0 Å². The fourth-order valence-corrected chi connectivity index (χ4v) is 3.44. The maximum absolute atomic E-state index is 12.8. The van der Waals surface area contributed by atoms with Crippen LogP contribution in [0.25, 0.3) is 10.9 Å². The molecule has 128 valence electrons. The minimum Gasteiger partial charge on any atom is -0.396 e. The van der Waals surface area contributed by atoms with Gasteiger partial charge in [0.1, 0.15) is 12.1 Å². The first-order chi connectivity index (χ1) is 11.7. The summed E-state index contributed by atoms with van der Waals surface area (Å²) in [5, 5.41) is 10.2. The highest BCUT2D eigenvalue weighted by atomic mass is 16.3. The second-order valence-corrected chi connectivity index (χ2v) is 6.32. The number of aromatic nitrogens is 2. The van der Waals surface area contributed by atoms with Crippen LogP contribution in [-0.4, -0.2) is 58.7 Å². The Morgan fingerprint density at radius 2 is 2.17 bits per heavy atom. The summed E-state index contributed by atoms with van der Waals surface area (Å²) < 4.78 is 0. The molecule has 6 heteroatoms. The zero-order valence-electron chi connectivity index (χ0n) is 14.1. The third-order valence-electron chi connectivity index (χ3n) is 4.67. The van der Waals surface area contributed by atoms with Crippen LogP contribution in [0.1, 0.15) is 25.7 Å². The molecule has 2 heterocycles. The molecule has 0 radical (unpaired) electrons. The van der Waals surface area contributed by atoms with E-state index < -0.39 is 0 Å². The molecule has 0 aliphatic carbocycles. The fraction of sp³-hybridized carbons (Fsp3) is 0.500. The first-order valence-electron chi connectivity index (χ1n) is 8.52. The van der Waals surface area contributed by atoms with Gasteiger partial charge in [0.2, 0.25) is 5.91 Å². The number of fused-ring (bicyclic) bond motifs is 1. The Labute approximate surface area is 142 Å². The van der Waals surface area contributed by atoms with E-state index >= 15 is 0 Å². The lowest BCUT2D eigenvalue weighted by Gasteiger charge is -2.36. The van der Waals surface area contributed by atoms with Gasteiger partial charge in [-0.25, -0.2) is 9.97 Å². The van der Waals surface area contributed by atoms with Crippen LogP contribution in [0.15, 0.2) is 30.6 Å². The summed E-state index contributed by atoms with van der Waals surface area (Å²) in [7, 11) is 1.89. The maximum atomic E-state index is 12.8. The van der Waals surface area contributed by atoms with Crippen molar-refractivity contribution in [3.8, 4) is 0 Å². The van der Waals surface area contributed by atoms with E-state index in [1.165, 1.54) is 6.33 Å². The zero-order valence-corrected chi connectivity index (χ0v) is 14.1. The molecule has 1 aliphatic heterocycles. The number of carbonyl (C=O) groups excluding carboxylic acids is 1. The summed E-state index contributed by atoms with van der Waals surface area (Å²) in [4.78, 5) is 25.2. The van der Waals surface area contributed by atoms with Crippen molar-refractivity contribution in [2.45, 2.75) is 31.7 Å². The van der Waals surface area contributed by atoms with Crippen LogP contribution in [0.4, 0.5) is 5.82 Å². The molecule has 1 atom stereocenters. The van der Waals surface area contributed by atoms with Gasteiger partial charge in [0.05, 0.1) is 12.1 Å². The quantitative estimate of drug-likeness (QED) is 0.907. The summed E-state index contributed by atoms with van der Waals surface area (Å²) in [6.45, 7) is 1.19. The Balaban J connectivity index is 1.75. The number of para-hydroxylation sites is 1. The van der Waals surface area contributed by atoms with Gasteiger partial charge in [0.25, 0.3) is 0 Å².